The van der Waals surface area contributed by atoms with Crippen LogP contribution in [-0.2, 0) is 24.4 Å². The standard InChI is InChI=1S/C25H32N4O2.2ClH/c30-24(27-14-18-4-2-1-3-5-18)20-8-10-28(11-9-20)17-21-6-7-23-22-12-19(13-26-15-22)16-29(23)25(21)31;;/h1-7,19-20,22,26H,8-17H2,(H,27,30);2*1H/t19-,22+;;/m0../s1. The molecular weight excluding hydrogens is 459 g/mol. The fourth-order valence-electron chi connectivity index (χ4n) is 5.48. The Morgan fingerprint density at radius 3 is 2.55 bits per heavy atom. The van der Waals surface area contributed by atoms with E-state index in [1.54, 1.807) is 0 Å². The van der Waals surface area contributed by atoms with Gasteiger partial charge in [0.05, 0.1) is 0 Å². The fourth-order valence-corrected chi connectivity index (χ4v) is 5.48. The van der Waals surface area contributed by atoms with Crippen LogP contribution in [0.3, 0.4) is 0 Å². The lowest BCUT2D eigenvalue weighted by Crippen LogP contribution is -2.46. The van der Waals surface area contributed by atoms with Crippen LogP contribution < -0.4 is 16.2 Å². The number of carbonyl (C=O) groups excluding carboxylic acids is 1. The van der Waals surface area contributed by atoms with Gasteiger partial charge in [0.15, 0.2) is 0 Å². The summed E-state index contributed by atoms with van der Waals surface area (Å²) >= 11 is 0. The number of aromatic nitrogens is 1. The Hall–Kier alpha value is -1.86. The van der Waals surface area contributed by atoms with Gasteiger partial charge in [-0.1, -0.05) is 36.4 Å². The first-order valence-electron chi connectivity index (χ1n) is 11.6. The van der Waals surface area contributed by atoms with Gasteiger partial charge in [-0.2, -0.15) is 0 Å². The second kappa shape index (κ2) is 11.5. The lowest BCUT2D eigenvalue weighted by atomic mass is 9.84. The van der Waals surface area contributed by atoms with Crippen LogP contribution in [-0.4, -0.2) is 41.6 Å². The van der Waals surface area contributed by atoms with E-state index in [1.807, 2.05) is 41.0 Å². The fraction of sp³-hybridized carbons (Fsp3) is 0.520. The van der Waals surface area contributed by atoms with E-state index in [-0.39, 0.29) is 42.2 Å². The molecule has 1 amide bonds. The lowest BCUT2D eigenvalue weighted by molar-refractivity contribution is -0.126. The van der Waals surface area contributed by atoms with E-state index in [2.05, 4.69) is 21.6 Å². The predicted octanol–water partition coefficient (Wildman–Crippen LogP) is 2.93. The number of benzene rings is 1. The van der Waals surface area contributed by atoms with E-state index in [9.17, 15) is 9.59 Å². The van der Waals surface area contributed by atoms with Gasteiger partial charge in [-0.05, 0) is 56.4 Å². The minimum atomic E-state index is 0. The monoisotopic (exact) mass is 492 g/mol. The quantitative estimate of drug-likeness (QED) is 0.673. The van der Waals surface area contributed by atoms with E-state index in [1.165, 1.54) is 12.1 Å². The van der Waals surface area contributed by atoms with Crippen LogP contribution in [0.2, 0.25) is 0 Å². The van der Waals surface area contributed by atoms with Crippen LogP contribution in [0.5, 0.6) is 0 Å². The first-order chi connectivity index (χ1) is 15.2. The zero-order valence-electron chi connectivity index (χ0n) is 18.9. The van der Waals surface area contributed by atoms with Crippen molar-refractivity contribution in [2.45, 2.75) is 44.8 Å². The summed E-state index contributed by atoms with van der Waals surface area (Å²) in [6, 6.07) is 14.3. The van der Waals surface area contributed by atoms with E-state index in [4.69, 9.17) is 0 Å². The van der Waals surface area contributed by atoms with Crippen LogP contribution in [0.4, 0.5) is 0 Å². The van der Waals surface area contributed by atoms with Crippen molar-refractivity contribution in [1.29, 1.82) is 0 Å². The van der Waals surface area contributed by atoms with E-state index in [0.29, 0.717) is 24.9 Å². The molecule has 2 atom stereocenters. The SMILES string of the molecule is Cl.Cl.O=C(NCc1ccccc1)C1CCN(Cc2ccc3n(c2=O)C[C@@H]2CNC[C@H]3C2)CC1. The molecule has 1 aromatic heterocycles. The number of piperidine rings is 2. The summed E-state index contributed by atoms with van der Waals surface area (Å²) in [4.78, 5) is 28.1. The van der Waals surface area contributed by atoms with Gasteiger partial charge in [0.2, 0.25) is 5.91 Å². The van der Waals surface area contributed by atoms with Gasteiger partial charge in [0.1, 0.15) is 0 Å². The van der Waals surface area contributed by atoms with Gasteiger partial charge in [0, 0.05) is 49.3 Å². The minimum absolute atomic E-state index is 0. The molecule has 3 aliphatic heterocycles. The van der Waals surface area contributed by atoms with Gasteiger partial charge in [-0.15, -0.1) is 24.8 Å². The number of halogens is 2. The zero-order valence-corrected chi connectivity index (χ0v) is 20.5. The van der Waals surface area contributed by atoms with Gasteiger partial charge in [-0.25, -0.2) is 0 Å². The van der Waals surface area contributed by atoms with Crippen molar-refractivity contribution in [2.75, 3.05) is 26.2 Å². The maximum absolute atomic E-state index is 13.2. The van der Waals surface area contributed by atoms with Crippen LogP contribution in [0.25, 0.3) is 0 Å². The smallest absolute Gasteiger partial charge is 0.255 e. The maximum Gasteiger partial charge on any atom is 0.255 e. The molecule has 2 aromatic rings. The molecule has 2 bridgehead atoms. The van der Waals surface area contributed by atoms with Crippen molar-refractivity contribution < 1.29 is 4.79 Å². The number of carbonyl (C=O) groups is 1. The Morgan fingerprint density at radius 1 is 1.03 bits per heavy atom. The normalized spacial score (nSPS) is 22.4. The highest BCUT2D eigenvalue weighted by molar-refractivity contribution is 5.85. The number of amides is 1. The first-order valence-corrected chi connectivity index (χ1v) is 11.6. The average Bonchev–Trinajstić information content (AvgIpc) is 2.81. The summed E-state index contributed by atoms with van der Waals surface area (Å²) in [7, 11) is 0. The Morgan fingerprint density at radius 2 is 1.79 bits per heavy atom. The molecule has 0 unspecified atom stereocenters. The van der Waals surface area contributed by atoms with Crippen LogP contribution >= 0.6 is 24.8 Å². The van der Waals surface area contributed by atoms with Crippen molar-refractivity contribution in [3.8, 4) is 0 Å². The first kappa shape index (κ1) is 25.8. The number of hydrogen-bond acceptors (Lipinski definition) is 4. The average molecular weight is 493 g/mol. The van der Waals surface area contributed by atoms with Gasteiger partial charge in [0.25, 0.3) is 5.56 Å². The largest absolute Gasteiger partial charge is 0.352 e. The summed E-state index contributed by atoms with van der Waals surface area (Å²) in [5, 5.41) is 6.58. The molecule has 0 aliphatic carbocycles. The van der Waals surface area contributed by atoms with Crippen LogP contribution in [0.15, 0.2) is 47.3 Å². The Balaban J connectivity index is 0.00000153. The molecule has 1 aromatic carbocycles. The van der Waals surface area contributed by atoms with Crippen molar-refractivity contribution in [1.82, 2.24) is 20.1 Å². The summed E-state index contributed by atoms with van der Waals surface area (Å²) in [6.45, 7) is 5.84. The number of nitrogens with zero attached hydrogens (tertiary/aromatic N) is 2. The maximum atomic E-state index is 13.2. The number of fused-ring (bicyclic) bond motifs is 4. The highest BCUT2D eigenvalue weighted by Gasteiger charge is 2.31. The Bertz CT molecular complexity index is 990. The third-order valence-corrected chi connectivity index (χ3v) is 7.25. The number of likely N-dealkylation sites (tertiary alicyclic amines) is 1. The molecule has 0 radical (unpaired) electrons. The van der Waals surface area contributed by atoms with Crippen molar-refractivity contribution in [3.63, 3.8) is 0 Å². The zero-order chi connectivity index (χ0) is 21.2. The number of nitrogens with one attached hydrogen (secondary N) is 2. The van der Waals surface area contributed by atoms with Gasteiger partial charge < -0.3 is 15.2 Å². The number of rotatable bonds is 5. The molecule has 33 heavy (non-hydrogen) atoms. The van der Waals surface area contributed by atoms with Gasteiger partial charge in [-0.3, -0.25) is 14.5 Å². The molecule has 4 heterocycles. The lowest BCUT2D eigenvalue weighted by Gasteiger charge is -2.38. The minimum Gasteiger partial charge on any atom is -0.352 e. The number of pyridine rings is 1. The molecule has 0 spiro atoms. The molecule has 180 valence electrons. The second-order valence-corrected chi connectivity index (χ2v) is 9.41. The molecule has 2 saturated heterocycles. The molecule has 6 nitrogen and oxygen atoms in total. The molecule has 3 aliphatic rings. The Kier molecular flexibility index (Phi) is 8.99. The number of hydrogen-bond donors (Lipinski definition) is 2. The molecule has 2 N–H and O–H groups in total. The third-order valence-electron chi connectivity index (χ3n) is 7.25. The summed E-state index contributed by atoms with van der Waals surface area (Å²) in [6.07, 6.45) is 2.90. The van der Waals surface area contributed by atoms with E-state index >= 15 is 0 Å². The summed E-state index contributed by atoms with van der Waals surface area (Å²) in [5.74, 6) is 1.26. The predicted molar refractivity (Wildman–Crippen MR) is 135 cm³/mol. The third kappa shape index (κ3) is 5.80. The summed E-state index contributed by atoms with van der Waals surface area (Å²) in [5.41, 5.74) is 3.41. The topological polar surface area (TPSA) is 66.4 Å². The second-order valence-electron chi connectivity index (χ2n) is 9.41. The van der Waals surface area contributed by atoms with Crippen LogP contribution in [0, 0.1) is 11.8 Å². The van der Waals surface area contributed by atoms with E-state index < -0.39 is 0 Å². The van der Waals surface area contributed by atoms with Crippen molar-refractivity contribution >= 4 is 30.7 Å². The molecule has 8 heteroatoms. The molecular formula is C25H34Cl2N4O2. The van der Waals surface area contributed by atoms with Crippen LogP contribution in [0.1, 0.15) is 42.0 Å². The molecule has 2 fully saturated rings. The molecule has 0 saturated carbocycles. The molecule has 5 rings (SSSR count). The summed E-state index contributed by atoms with van der Waals surface area (Å²) < 4.78 is 2.04. The highest BCUT2D eigenvalue weighted by Crippen LogP contribution is 2.31. The highest BCUT2D eigenvalue weighted by atomic mass is 35.5. The Labute approximate surface area is 207 Å². The van der Waals surface area contributed by atoms with Crippen molar-refractivity contribution in [2.24, 2.45) is 11.8 Å². The van der Waals surface area contributed by atoms with E-state index in [0.717, 1.165) is 56.7 Å². The van der Waals surface area contributed by atoms with Crippen molar-refractivity contribution in [3.05, 3.63) is 69.6 Å². The van der Waals surface area contributed by atoms with Gasteiger partial charge >= 0.3 is 0 Å².